The summed E-state index contributed by atoms with van der Waals surface area (Å²) in [7, 11) is 0. The third-order valence-electron chi connectivity index (χ3n) is 4.09. The zero-order chi connectivity index (χ0) is 11.8. The summed E-state index contributed by atoms with van der Waals surface area (Å²) < 4.78 is 1.28. The average Bonchev–Trinajstić information content (AvgIpc) is 2.65. The van der Waals surface area contributed by atoms with E-state index in [-0.39, 0.29) is 0 Å². The second kappa shape index (κ2) is 4.40. The molecule has 16 heavy (non-hydrogen) atoms. The van der Waals surface area contributed by atoms with Crippen LogP contribution in [0.3, 0.4) is 0 Å². The molecule has 0 N–H and O–H groups in total. The van der Waals surface area contributed by atoms with Crippen molar-refractivity contribution in [2.75, 3.05) is 18.0 Å². The van der Waals surface area contributed by atoms with Crippen LogP contribution in [0, 0.1) is 0 Å². The highest BCUT2D eigenvalue weighted by molar-refractivity contribution is 9.10. The summed E-state index contributed by atoms with van der Waals surface area (Å²) >= 11 is 3.73. The first-order chi connectivity index (χ1) is 7.68. The van der Waals surface area contributed by atoms with Gasteiger partial charge in [0.1, 0.15) is 0 Å². The monoisotopic (exact) mass is 281 g/mol. The fourth-order valence-electron chi connectivity index (χ4n) is 2.94. The van der Waals surface area contributed by atoms with E-state index in [1.807, 2.05) is 0 Å². The minimum Gasteiger partial charge on any atom is -0.371 e. The first-order valence-electron chi connectivity index (χ1n) is 6.22. The Hall–Kier alpha value is -0.500. The summed E-state index contributed by atoms with van der Waals surface area (Å²) in [6, 6.07) is 6.59. The zero-order valence-electron chi connectivity index (χ0n) is 10.4. The van der Waals surface area contributed by atoms with Gasteiger partial charge in [-0.15, -0.1) is 0 Å². The summed E-state index contributed by atoms with van der Waals surface area (Å²) in [4.78, 5) is 2.51. The third-order valence-corrected chi connectivity index (χ3v) is 4.75. The van der Waals surface area contributed by atoms with E-state index >= 15 is 0 Å². The smallest absolute Gasteiger partial charge is 0.0416 e. The molecule has 0 saturated carbocycles. The summed E-state index contributed by atoms with van der Waals surface area (Å²) in [5.41, 5.74) is 3.31. The molecule has 88 valence electrons. The Balaban J connectivity index is 2.59. The van der Waals surface area contributed by atoms with Crippen LogP contribution in [0.15, 0.2) is 22.7 Å². The number of fused-ring (bicyclic) bond motifs is 1. The lowest BCUT2D eigenvalue weighted by atomic mass is 9.78. The minimum atomic E-state index is 0.353. The molecule has 1 nitrogen and oxygen atoms in total. The Morgan fingerprint density at radius 3 is 2.50 bits per heavy atom. The van der Waals surface area contributed by atoms with Crippen molar-refractivity contribution in [1.82, 2.24) is 0 Å². The van der Waals surface area contributed by atoms with Gasteiger partial charge in [-0.25, -0.2) is 0 Å². The molecule has 0 bridgehead atoms. The molecule has 2 heteroatoms. The standard InChI is InChI=1S/C14H20BrN/c1-4-14(5-2)10-16(6-3)12-9-7-8-11(15)13(12)14/h7-9H,4-6,10H2,1-3H3. The van der Waals surface area contributed by atoms with Crippen molar-refractivity contribution in [3.63, 3.8) is 0 Å². The highest BCUT2D eigenvalue weighted by Crippen LogP contribution is 2.48. The molecule has 0 atom stereocenters. The van der Waals surface area contributed by atoms with Gasteiger partial charge in [-0.1, -0.05) is 35.8 Å². The van der Waals surface area contributed by atoms with Gasteiger partial charge in [-0.3, -0.25) is 0 Å². The molecule has 0 fully saturated rings. The van der Waals surface area contributed by atoms with Gasteiger partial charge in [-0.2, -0.15) is 0 Å². The van der Waals surface area contributed by atoms with Crippen LogP contribution < -0.4 is 4.90 Å². The first kappa shape index (κ1) is 12.0. The number of anilines is 1. The molecule has 0 spiro atoms. The van der Waals surface area contributed by atoms with Gasteiger partial charge in [0, 0.05) is 28.7 Å². The molecule has 0 saturated heterocycles. The predicted molar refractivity (Wildman–Crippen MR) is 74.3 cm³/mol. The number of nitrogens with zero attached hydrogens (tertiary/aromatic N) is 1. The number of hydrogen-bond acceptors (Lipinski definition) is 1. The van der Waals surface area contributed by atoms with Crippen molar-refractivity contribution in [1.29, 1.82) is 0 Å². The van der Waals surface area contributed by atoms with Crippen LogP contribution in [-0.4, -0.2) is 13.1 Å². The molecule has 0 radical (unpaired) electrons. The first-order valence-corrected chi connectivity index (χ1v) is 7.01. The van der Waals surface area contributed by atoms with E-state index < -0.39 is 0 Å². The van der Waals surface area contributed by atoms with Crippen molar-refractivity contribution in [3.8, 4) is 0 Å². The molecule has 1 aromatic rings. The van der Waals surface area contributed by atoms with Crippen LogP contribution in [0.1, 0.15) is 39.2 Å². The van der Waals surface area contributed by atoms with Gasteiger partial charge in [0.2, 0.25) is 0 Å². The molecule has 1 aliphatic rings. The van der Waals surface area contributed by atoms with Crippen molar-refractivity contribution in [2.24, 2.45) is 0 Å². The fraction of sp³-hybridized carbons (Fsp3) is 0.571. The lowest BCUT2D eigenvalue weighted by Crippen LogP contribution is -2.32. The molecule has 0 unspecified atom stereocenters. The highest BCUT2D eigenvalue weighted by Gasteiger charge is 2.40. The molecular weight excluding hydrogens is 262 g/mol. The number of halogens is 1. The Kier molecular flexibility index (Phi) is 3.29. The lowest BCUT2D eigenvalue weighted by molar-refractivity contribution is 0.419. The quantitative estimate of drug-likeness (QED) is 0.796. The van der Waals surface area contributed by atoms with E-state index in [0.29, 0.717) is 5.41 Å². The highest BCUT2D eigenvalue weighted by atomic mass is 79.9. The van der Waals surface area contributed by atoms with Gasteiger partial charge in [0.15, 0.2) is 0 Å². The van der Waals surface area contributed by atoms with Crippen LogP contribution in [0.25, 0.3) is 0 Å². The fourth-order valence-corrected chi connectivity index (χ4v) is 3.72. The third kappa shape index (κ3) is 1.58. The van der Waals surface area contributed by atoms with Gasteiger partial charge < -0.3 is 4.90 Å². The predicted octanol–water partition coefficient (Wildman–Crippen LogP) is 4.35. The van der Waals surface area contributed by atoms with E-state index in [1.54, 1.807) is 0 Å². The Morgan fingerprint density at radius 1 is 1.25 bits per heavy atom. The zero-order valence-corrected chi connectivity index (χ0v) is 12.0. The van der Waals surface area contributed by atoms with E-state index in [1.165, 1.54) is 35.1 Å². The molecule has 0 aliphatic carbocycles. The van der Waals surface area contributed by atoms with Crippen LogP contribution in [-0.2, 0) is 5.41 Å². The lowest BCUT2D eigenvalue weighted by Gasteiger charge is -2.28. The molecule has 0 aromatic heterocycles. The minimum absolute atomic E-state index is 0.353. The molecular formula is C14H20BrN. The van der Waals surface area contributed by atoms with Gasteiger partial charge in [0.25, 0.3) is 0 Å². The number of likely N-dealkylation sites (N-methyl/N-ethyl adjacent to an activating group) is 1. The summed E-state index contributed by atoms with van der Waals surface area (Å²) in [5, 5.41) is 0. The molecule has 1 aliphatic heterocycles. The van der Waals surface area contributed by atoms with E-state index in [0.717, 1.165) is 6.54 Å². The van der Waals surface area contributed by atoms with Gasteiger partial charge in [0.05, 0.1) is 0 Å². The van der Waals surface area contributed by atoms with Crippen molar-refractivity contribution >= 4 is 21.6 Å². The summed E-state index contributed by atoms with van der Waals surface area (Å²) in [6.07, 6.45) is 2.44. The maximum absolute atomic E-state index is 3.73. The van der Waals surface area contributed by atoms with Crippen molar-refractivity contribution in [3.05, 3.63) is 28.2 Å². The maximum atomic E-state index is 3.73. The van der Waals surface area contributed by atoms with Crippen LogP contribution in [0.2, 0.25) is 0 Å². The topological polar surface area (TPSA) is 3.24 Å². The van der Waals surface area contributed by atoms with Crippen LogP contribution >= 0.6 is 15.9 Å². The van der Waals surface area contributed by atoms with E-state index in [9.17, 15) is 0 Å². The number of hydrogen-bond donors (Lipinski definition) is 0. The second-order valence-corrected chi connectivity index (χ2v) is 5.49. The van der Waals surface area contributed by atoms with Crippen molar-refractivity contribution < 1.29 is 0 Å². The number of benzene rings is 1. The maximum Gasteiger partial charge on any atom is 0.0416 e. The molecule has 1 aromatic carbocycles. The Labute approximate surface area is 107 Å². The molecule has 0 amide bonds. The van der Waals surface area contributed by atoms with Gasteiger partial charge in [-0.05, 0) is 37.5 Å². The number of rotatable bonds is 3. The van der Waals surface area contributed by atoms with Crippen molar-refractivity contribution in [2.45, 2.75) is 39.0 Å². The normalized spacial score (nSPS) is 17.6. The summed E-state index contributed by atoms with van der Waals surface area (Å²) in [5.74, 6) is 0. The Bertz CT molecular complexity index is 382. The summed E-state index contributed by atoms with van der Waals surface area (Å²) in [6.45, 7) is 9.14. The van der Waals surface area contributed by atoms with Crippen LogP contribution in [0.5, 0.6) is 0 Å². The molecule has 2 rings (SSSR count). The Morgan fingerprint density at radius 2 is 1.94 bits per heavy atom. The van der Waals surface area contributed by atoms with Crippen LogP contribution in [0.4, 0.5) is 5.69 Å². The van der Waals surface area contributed by atoms with Gasteiger partial charge >= 0.3 is 0 Å². The average molecular weight is 282 g/mol. The second-order valence-electron chi connectivity index (χ2n) is 4.64. The van der Waals surface area contributed by atoms with E-state index in [4.69, 9.17) is 0 Å². The van der Waals surface area contributed by atoms with E-state index in [2.05, 4.69) is 59.8 Å². The SMILES string of the molecule is CCN1CC(CC)(CC)c2c(Br)cccc21. The largest absolute Gasteiger partial charge is 0.371 e. The molecule has 1 heterocycles.